The maximum absolute atomic E-state index is 14.2. The van der Waals surface area contributed by atoms with Gasteiger partial charge in [-0.25, -0.2) is 14.4 Å². The number of esters is 4. The van der Waals surface area contributed by atoms with Crippen molar-refractivity contribution in [2.75, 3.05) is 81.7 Å². The molecule has 106 heavy (non-hydrogen) atoms. The smallest absolute Gasteiger partial charge is 0.410 e. The first-order chi connectivity index (χ1) is 49.4. The fraction of sp³-hybridized carbons (Fsp3) is 0.785. The third kappa shape index (κ3) is 22.6. The molecule has 5 saturated heterocycles. The van der Waals surface area contributed by atoms with Crippen molar-refractivity contribution < 1.29 is 107 Å². The summed E-state index contributed by atoms with van der Waals surface area (Å²) in [6, 6.07) is 15.5. The van der Waals surface area contributed by atoms with E-state index in [9.17, 15) is 59.7 Å². The summed E-state index contributed by atoms with van der Waals surface area (Å²) in [7, 11) is 11.2. The first kappa shape index (κ1) is 89.8. The summed E-state index contributed by atoms with van der Waals surface area (Å²) in [4.78, 5) is 77.7. The van der Waals surface area contributed by atoms with Crippen LogP contribution in [-0.4, -0.2) is 304 Å². The summed E-state index contributed by atoms with van der Waals surface area (Å²) in [5.41, 5.74) is -6.12. The van der Waals surface area contributed by atoms with Crippen LogP contribution in [0.4, 0.5) is 4.79 Å². The van der Waals surface area contributed by atoms with E-state index in [0.29, 0.717) is 50.3 Å². The minimum atomic E-state index is -1.84. The zero-order valence-electron chi connectivity index (χ0n) is 67.1. The fourth-order valence-electron chi connectivity index (χ4n) is 16.4. The van der Waals surface area contributed by atoms with Crippen LogP contribution in [0, 0.1) is 35.5 Å². The van der Waals surface area contributed by atoms with Crippen molar-refractivity contribution in [3.8, 4) is 0 Å². The van der Waals surface area contributed by atoms with Crippen LogP contribution in [-0.2, 0) is 57.0 Å². The number of hydrogen-bond donors (Lipinski definition) is 7. The minimum absolute atomic E-state index is 0.148. The van der Waals surface area contributed by atoms with E-state index >= 15 is 0 Å². The van der Waals surface area contributed by atoms with E-state index in [2.05, 4.69) is 0 Å². The van der Waals surface area contributed by atoms with Crippen molar-refractivity contribution in [2.24, 2.45) is 35.5 Å². The van der Waals surface area contributed by atoms with E-state index in [0.717, 1.165) is 0 Å². The summed E-state index contributed by atoms with van der Waals surface area (Å²) >= 11 is 0. The highest BCUT2D eigenvalue weighted by molar-refractivity contribution is 5.90. The molecule has 604 valence electrons. The number of amides is 1. The van der Waals surface area contributed by atoms with E-state index in [4.69, 9.17) is 47.4 Å². The molecular formula is C79H131N5O22. The van der Waals surface area contributed by atoms with Crippen molar-refractivity contribution in [1.82, 2.24) is 24.5 Å². The lowest BCUT2D eigenvalue weighted by Gasteiger charge is -2.48. The number of aliphatic hydroxyl groups is 7. The molecule has 0 spiro atoms. The van der Waals surface area contributed by atoms with Gasteiger partial charge < -0.3 is 108 Å². The summed E-state index contributed by atoms with van der Waals surface area (Å²) < 4.78 is 62.2. The van der Waals surface area contributed by atoms with Crippen LogP contribution in [0.5, 0.6) is 0 Å². The first-order valence-corrected chi connectivity index (χ1v) is 38.2. The molecule has 0 unspecified atom stereocenters. The molecule has 0 aromatic heterocycles. The highest BCUT2D eigenvalue weighted by Gasteiger charge is 2.55. The summed E-state index contributed by atoms with van der Waals surface area (Å²) in [5.74, 6) is -6.95. The number of carbonyl (C=O) groups is 5. The Bertz CT molecular complexity index is 3070. The van der Waals surface area contributed by atoms with E-state index in [1.165, 1.54) is 25.7 Å². The normalized spacial score (nSPS) is 40.7. The number of ether oxygens (including phenoxy) is 10. The Morgan fingerprint density at radius 3 is 1.27 bits per heavy atom. The number of cyclic esters (lactones) is 2. The quantitative estimate of drug-likeness (QED) is 0.0872. The van der Waals surface area contributed by atoms with Gasteiger partial charge in [0.05, 0.1) is 90.0 Å². The van der Waals surface area contributed by atoms with Crippen molar-refractivity contribution >= 4 is 30.0 Å². The lowest BCUT2D eigenvalue weighted by molar-refractivity contribution is -0.298. The summed E-state index contributed by atoms with van der Waals surface area (Å²) in [5, 5.41) is 82.7. The number of aliphatic hydroxyl groups excluding tert-OH is 3. The van der Waals surface area contributed by atoms with Gasteiger partial charge in [0.2, 0.25) is 0 Å². The average molecular weight is 1500 g/mol. The number of rotatable bonds is 13. The van der Waals surface area contributed by atoms with Crippen molar-refractivity contribution in [3.05, 3.63) is 71.8 Å². The predicted octanol–water partition coefficient (Wildman–Crippen LogP) is 6.16. The first-order valence-electron chi connectivity index (χ1n) is 38.2. The molecule has 0 saturated carbocycles. The standard InChI is InChI=1S/C42H69N3O12.C37H62N2O10/c1-12-32-42(8,51)35(46)29(6)44(11)24-25(2)23-41(7,50)36(27(4)33(28(5)37(47)54-32)56-40(49)45-18-20-52-21-19-45)57-39-34(31(43(9)10)22-26(3)53-39)55-38(48)30-16-14-13-15-17-30;1-12-28-37(8,45)31(41)25(6)39(11)20-21(2)19-36(7,44)32(23(4)29(40)24(5)33(42)47-28)49-35-30(27(38(9)10)18-22(3)46-35)48-34(43)26-16-14-13-15-17-26/h13-17,25-29,31-36,39,46,50-51H,12,18-24H2,1-11H3;13-17,21-25,27-32,35,40-41,44-45H,12,18-20H2,1-11H3/t25-,26-,27+,28-,29-,31+,32-,33+,34-,35-,36-,39+,41-,42-;21-,22-,23+,24-,25-,27+,28-,29+,30-,31-,32-,35+,36-,37-/m11/s1. The van der Waals surface area contributed by atoms with Gasteiger partial charge in [-0.05, 0) is 186 Å². The molecule has 2 aromatic carbocycles. The Kier molecular flexibility index (Phi) is 32.8. The van der Waals surface area contributed by atoms with Gasteiger partial charge in [0, 0.05) is 50.1 Å². The number of carbonyl (C=O) groups excluding carboxylic acids is 5. The monoisotopic (exact) mass is 1500 g/mol. The van der Waals surface area contributed by atoms with Gasteiger partial charge in [-0.3, -0.25) is 9.59 Å². The van der Waals surface area contributed by atoms with Crippen LogP contribution in [0.25, 0.3) is 0 Å². The molecule has 5 fully saturated rings. The molecule has 1 amide bonds. The van der Waals surface area contributed by atoms with Crippen LogP contribution in [0.15, 0.2) is 60.7 Å². The number of hydrogen-bond acceptors (Lipinski definition) is 26. The van der Waals surface area contributed by atoms with Crippen LogP contribution in [0.1, 0.15) is 170 Å². The topological polar surface area (TPSA) is 335 Å². The predicted molar refractivity (Wildman–Crippen MR) is 396 cm³/mol. The number of likely N-dealkylation sites (N-methyl/N-ethyl adjacent to an activating group) is 4. The third-order valence-corrected chi connectivity index (χ3v) is 22.8. The molecule has 27 nitrogen and oxygen atoms in total. The Balaban J connectivity index is 0.000000336. The Morgan fingerprint density at radius 1 is 0.538 bits per heavy atom. The molecule has 27 heteroatoms. The molecule has 2 aromatic rings. The molecule has 0 radical (unpaired) electrons. The van der Waals surface area contributed by atoms with Gasteiger partial charge in [0.15, 0.2) is 24.8 Å². The zero-order chi connectivity index (χ0) is 79.4. The number of nitrogens with zero attached hydrogens (tertiary/aromatic N) is 5. The van der Waals surface area contributed by atoms with E-state index in [1.807, 2.05) is 95.6 Å². The minimum Gasteiger partial charge on any atom is -0.459 e. The van der Waals surface area contributed by atoms with Gasteiger partial charge in [0.25, 0.3) is 0 Å². The highest BCUT2D eigenvalue weighted by Crippen LogP contribution is 2.41. The largest absolute Gasteiger partial charge is 0.459 e. The van der Waals surface area contributed by atoms with Gasteiger partial charge in [-0.2, -0.15) is 0 Å². The number of morpholine rings is 1. The second-order valence-electron chi connectivity index (χ2n) is 32.7. The van der Waals surface area contributed by atoms with Crippen LogP contribution in [0.3, 0.4) is 0 Å². The molecule has 7 rings (SSSR count). The fourth-order valence-corrected chi connectivity index (χ4v) is 16.4. The molecule has 5 aliphatic heterocycles. The number of benzene rings is 2. The van der Waals surface area contributed by atoms with Crippen LogP contribution >= 0.6 is 0 Å². The zero-order valence-corrected chi connectivity index (χ0v) is 67.1. The lowest BCUT2D eigenvalue weighted by Crippen LogP contribution is -2.60. The van der Waals surface area contributed by atoms with Crippen molar-refractivity contribution in [2.45, 2.75) is 282 Å². The maximum Gasteiger partial charge on any atom is 0.410 e. The van der Waals surface area contributed by atoms with E-state index in [-0.39, 0.29) is 74.9 Å². The Labute approximate surface area is 629 Å². The summed E-state index contributed by atoms with van der Waals surface area (Å²) in [6.07, 6.45) is -13.1. The van der Waals surface area contributed by atoms with Gasteiger partial charge in [-0.15, -0.1) is 0 Å². The Hall–Kier alpha value is -5.05. The highest BCUT2D eigenvalue weighted by atomic mass is 16.7. The third-order valence-electron chi connectivity index (χ3n) is 22.8. The van der Waals surface area contributed by atoms with Crippen LogP contribution < -0.4 is 0 Å². The molecule has 0 aliphatic carbocycles. The second-order valence-corrected chi connectivity index (χ2v) is 32.7. The van der Waals surface area contributed by atoms with Crippen molar-refractivity contribution in [3.63, 3.8) is 0 Å². The molecule has 5 aliphatic rings. The van der Waals surface area contributed by atoms with Crippen LogP contribution in [0.2, 0.25) is 0 Å². The maximum atomic E-state index is 14.2. The SMILES string of the molecule is CC[C@H]1OC(=O)[C@H](C)[C@@H](O)[C@H](C)[C@@H](O[C@@H]2O[C@H](C)C[C@H](N(C)C)[C@H]2OC(=O)c2ccccc2)[C@](C)(O)C[C@@H](C)CN(C)[C@H](C)[C@@H](O)[C@]1(C)O.CC[C@H]1OC(=O)[C@H](C)[C@@H](OC(=O)N2CCOCC2)[C@H](C)[C@@H](O[C@@H]2O[C@H](C)C[C@H](N(C)C)[C@H]2OC(=O)c2ccccc2)[C@](C)(O)C[C@@H](C)CN(C)[C@H](C)[C@@H](O)[C@]1(C)O. The summed E-state index contributed by atoms with van der Waals surface area (Å²) in [6.45, 7) is 29.6. The second kappa shape index (κ2) is 38.7. The molecule has 0 bridgehead atoms. The Morgan fingerprint density at radius 2 is 0.906 bits per heavy atom. The van der Waals surface area contributed by atoms with E-state index in [1.54, 1.807) is 117 Å². The molecular weight excluding hydrogens is 1370 g/mol. The van der Waals surface area contributed by atoms with Gasteiger partial charge >= 0.3 is 30.0 Å². The molecule has 28 atom stereocenters. The van der Waals surface area contributed by atoms with E-state index < -0.39 is 162 Å². The molecule has 5 heterocycles. The lowest BCUT2D eigenvalue weighted by atomic mass is 9.77. The van der Waals surface area contributed by atoms with Crippen molar-refractivity contribution in [1.29, 1.82) is 0 Å². The molecule has 7 N–H and O–H groups in total. The average Bonchev–Trinajstić information content (AvgIpc) is 1.19. The van der Waals surface area contributed by atoms with Gasteiger partial charge in [-0.1, -0.05) is 77.9 Å². The van der Waals surface area contributed by atoms with Gasteiger partial charge in [0.1, 0.15) is 41.7 Å².